The van der Waals surface area contributed by atoms with E-state index in [0.29, 0.717) is 148 Å². The summed E-state index contributed by atoms with van der Waals surface area (Å²) in [6.07, 6.45) is 14.6. The molecule has 22 nitrogen and oxygen atoms in total. The number of nitrogens with one attached hydrogen (secondary N) is 1. The second-order valence-corrected chi connectivity index (χ2v) is 48.2. The molecule has 12 atom stereocenters. The van der Waals surface area contributed by atoms with E-state index in [1.807, 2.05) is 6.07 Å². The van der Waals surface area contributed by atoms with Gasteiger partial charge in [-0.1, -0.05) is 256 Å². The van der Waals surface area contributed by atoms with Gasteiger partial charge in [0.25, 0.3) is 16.0 Å². The van der Waals surface area contributed by atoms with Gasteiger partial charge in [-0.3, -0.25) is 62.2 Å². The maximum atomic E-state index is 12.6. The van der Waals surface area contributed by atoms with Gasteiger partial charge in [0.15, 0.2) is 31.2 Å². The molecule has 0 saturated carbocycles. The normalized spacial score (nSPS) is 16.0. The maximum absolute atomic E-state index is 12.6. The number of aliphatic hydroxyl groups is 1. The monoisotopic (exact) mass is 2340 g/mol. The molecule has 3 aliphatic rings. The molecule has 831 valence electrons. The Hall–Kier alpha value is -4.97. The zero-order chi connectivity index (χ0) is 113. The second-order valence-electron chi connectivity index (χ2n) is 38.3. The summed E-state index contributed by atoms with van der Waals surface area (Å²) in [5.74, 6) is 6.82. The first-order valence-corrected chi connectivity index (χ1v) is 57.3. The molecule has 2 aromatic carbocycles. The molecule has 3 aliphatic carbocycles. The molecule has 7 heterocycles. The van der Waals surface area contributed by atoms with Gasteiger partial charge in [0, 0.05) is 157 Å². The summed E-state index contributed by atoms with van der Waals surface area (Å²) in [5.41, 5.74) is 21.5. The molecule has 7 aromatic heterocycles. The molecule has 5 unspecified atom stereocenters. The summed E-state index contributed by atoms with van der Waals surface area (Å²) in [7, 11) is -11.8. The number of amides is 1. The number of nitrogens with two attached hydrogens (primary N) is 1. The van der Waals surface area contributed by atoms with Crippen molar-refractivity contribution in [3.05, 3.63) is 261 Å². The fraction of sp³-hybridized carbons (Fsp3) is 0.541. The summed E-state index contributed by atoms with van der Waals surface area (Å²) >= 11 is 48.5. The molecule has 0 fully saturated rings. The third-order valence-corrected chi connectivity index (χ3v) is 30.7. The van der Waals surface area contributed by atoms with Gasteiger partial charge in [0.1, 0.15) is 6.10 Å². The topological polar surface area (TPSA) is 349 Å². The first kappa shape index (κ1) is 149. The Kier molecular flexibility index (Phi) is 75.5. The van der Waals surface area contributed by atoms with E-state index in [1.165, 1.54) is 29.4 Å². The van der Waals surface area contributed by atoms with Gasteiger partial charge >= 0.3 is 65.1 Å². The number of Topliss-reactive ketones (excluding diaryl/α,β-unsaturated/α-hetero) is 2. The number of benzene rings is 2. The van der Waals surface area contributed by atoms with Crippen LogP contribution in [0.1, 0.15) is 418 Å². The van der Waals surface area contributed by atoms with Crippen molar-refractivity contribution < 1.29 is 132 Å². The van der Waals surface area contributed by atoms with E-state index in [0.717, 1.165) is 86.1 Å². The maximum Gasteiger partial charge on any atom is 1.00 e. The van der Waals surface area contributed by atoms with Crippen LogP contribution in [0.2, 0.25) is 25.1 Å². The average Bonchev–Trinajstić information content (AvgIpc) is 1.67. The molecule has 0 spiro atoms. The zero-order valence-electron chi connectivity index (χ0n) is 95.5. The van der Waals surface area contributed by atoms with Crippen molar-refractivity contribution in [2.75, 3.05) is 42.7 Å². The van der Waals surface area contributed by atoms with Crippen LogP contribution in [0.25, 0.3) is 0 Å². The van der Waals surface area contributed by atoms with Crippen LogP contribution in [0.15, 0.2) is 144 Å². The van der Waals surface area contributed by atoms with Crippen LogP contribution < -0.4 is 70.2 Å². The van der Waals surface area contributed by atoms with Gasteiger partial charge in [-0.05, 0) is 201 Å². The standard InChI is InChI=1S/C22H28N2O3S.C13H20ClNO3S.C13H17NO2.C12H18ClNO.2C12H16ClNO.C12H16ClN.C9H13NO2S.2CH2Cl2.2CH3F.2CH4.B.2Na.2H/c1-5-28(26,27)18-8-6-16(7-9-18)12-24-22(25)17-11-20-15(4)10-19(14(2)3)21(20)23-13-17;1-8(2)9(3)13-12(6-11(14)7-15-13)10(4)18-19(5,16)17;1-7(2)10-4-8(3)11-5-9(13(15)16)6-14-12(10)11;3*1-7(2)8(3)12-11(9(4)15)5-10(13)6-14-12;1-7(2)10-4-8(3)11-5-9(13)6-14-12(10)11;1-2-13(11,12)9-5-3-8(7-10)4-6-9;2*2-1-3;2*1-2;;;;;;;/h6-9,11,13-15,19H,5,10,12H2,1-4H3,(H,24,25);6-10H,1-5H3;5-8,10H,4H2,1-3H3,(H,15,16);5-9,15H,1-4H3;2*5-8H,1-4H3;5-8,10H,4H2,1-3H3;3-6H,2,7,10H2,1H3;2*1H2;2*1H3;2*1H4;;;;;/q;;;;;;;;;;;;;;;2*+1;2*-1/t15?,19-;9-,10?;8?,10-;8-,9?;2*8-;8?,10-;;;;;;;;;;;;/m0000000............/s1/i;;;;;;;;;;2*1D;;;;;;;. The van der Waals surface area contributed by atoms with Crippen molar-refractivity contribution in [1.82, 2.24) is 40.2 Å². The smallest absolute Gasteiger partial charge is 1.00 e. The molecule has 9 aromatic rings. The third kappa shape index (κ3) is 50.1. The molecule has 0 bridgehead atoms. The number of sulfone groups is 2. The van der Waals surface area contributed by atoms with E-state index in [1.54, 1.807) is 158 Å². The Balaban J connectivity index is -0.000000317. The number of ketones is 2. The van der Waals surface area contributed by atoms with Crippen molar-refractivity contribution in [3.63, 3.8) is 0 Å². The van der Waals surface area contributed by atoms with E-state index in [-0.39, 0.29) is 143 Å². The van der Waals surface area contributed by atoms with Crippen molar-refractivity contribution in [3.8, 4) is 0 Å². The fourth-order valence-electron chi connectivity index (χ4n) is 15.8. The van der Waals surface area contributed by atoms with Gasteiger partial charge in [0.05, 0.1) is 109 Å². The number of carbonyl (C=O) groups excluding carboxylic acids is 3. The number of carboxylic acid groups (broad SMARTS) is 1. The molecule has 1 amide bonds. The van der Waals surface area contributed by atoms with Crippen molar-refractivity contribution >= 4 is 166 Å². The predicted octanol–water partition coefficient (Wildman–Crippen LogP) is 25.6. The SMILES string of the molecule is C.C.CC(=O)c1cc(Cl)cnc1[C@@H](C)C(C)C.CC(=O)c1cc(Cl)cnc1[C@@H](C)C(C)C.CC(O)c1cc(Cl)cnc1[C@@H](C)C(C)C.CC(OS(C)(=O)=O)c1cc(Cl)cnc1[C@@H](C)C(C)C.CC1C[C@@H](C(C)C)c2ncc(C(=O)O)cc21.CC1C[C@@H](C(C)C)c2ncc(Cl)cc21.CCS(=O)(=O)c1ccc(CN)cc1.CCS(=O)(=O)c1ccc(CNC(=O)c2cnc3c(c2)C(C)C[C@H]3C(C)C)cc1.ClCCl.ClCCl.[2H]CF.[2H]CF.[B].[H-].[H-].[Na+].[Na+]. The van der Waals surface area contributed by atoms with E-state index in [9.17, 15) is 58.3 Å². The van der Waals surface area contributed by atoms with Crippen LogP contribution in [0.4, 0.5) is 8.78 Å². The molecular weight excluding hydrogens is 2180 g/mol. The van der Waals surface area contributed by atoms with E-state index >= 15 is 0 Å². The zero-order valence-corrected chi connectivity index (χ0v) is 105. The van der Waals surface area contributed by atoms with Gasteiger partial charge in [-0.15, -0.1) is 46.4 Å². The van der Waals surface area contributed by atoms with Gasteiger partial charge in [0.2, 0.25) is 0 Å². The first-order valence-electron chi connectivity index (χ1n) is 49.5. The average molecular weight is 2340 g/mol. The molecule has 0 saturated heterocycles. The molecule has 12 rings (SSSR count). The largest absolute Gasteiger partial charge is 1.00 e. The number of aliphatic hydroxyl groups excluding tert-OH is 1. The van der Waals surface area contributed by atoms with E-state index in [4.69, 9.17) is 122 Å². The summed E-state index contributed by atoms with van der Waals surface area (Å²) in [4.78, 5) is 77.7. The number of aromatic nitrogens is 7. The minimum atomic E-state index is -3.52. The molecule has 3 radical (unpaired) electrons. The van der Waals surface area contributed by atoms with Crippen LogP contribution >= 0.6 is 104 Å². The Morgan fingerprint density at radius 3 is 1.03 bits per heavy atom. The molecule has 0 aliphatic heterocycles. The molecule has 5 N–H and O–H groups in total. The minimum absolute atomic E-state index is 0. The van der Waals surface area contributed by atoms with E-state index in [2.05, 4.69) is 192 Å². The summed E-state index contributed by atoms with van der Waals surface area (Å²) in [5, 5.41) is 24.7. The quantitative estimate of drug-likeness (QED) is 0.0169. The molecule has 150 heavy (non-hydrogen) atoms. The Labute approximate surface area is 994 Å². The van der Waals surface area contributed by atoms with Gasteiger partial charge in [-0.2, -0.15) is 8.42 Å². The van der Waals surface area contributed by atoms with Crippen LogP contribution in [-0.2, 0) is 47.1 Å². The first-order chi connectivity index (χ1) is 68.5. The predicted molar refractivity (Wildman–Crippen MR) is 618 cm³/mol. The van der Waals surface area contributed by atoms with Crippen LogP contribution in [0, 0.1) is 41.4 Å². The number of halogens is 11. The summed E-state index contributed by atoms with van der Waals surface area (Å²) in [6, 6.07) is 26.1. The van der Waals surface area contributed by atoms with Crippen LogP contribution in [-0.4, -0.2) is 145 Å². The van der Waals surface area contributed by atoms with Crippen LogP contribution in [0.3, 0.4) is 0 Å². The number of nitrogens with zero attached hydrogens (tertiary/aromatic N) is 7. The number of aromatic carboxylic acids is 1. The second kappa shape index (κ2) is 75.9. The summed E-state index contributed by atoms with van der Waals surface area (Å²) < 4.78 is 105. The number of fused-ring (bicyclic) bond motifs is 3. The number of carboxylic acids is 1. The number of rotatable bonds is 26. The number of carbonyl (C=O) groups is 4. The fourth-order valence-corrected chi connectivity index (χ4v) is 19.0. The third-order valence-electron chi connectivity index (χ3n) is 25.5. The van der Waals surface area contributed by atoms with Gasteiger partial charge in [-0.25, -0.2) is 21.6 Å². The van der Waals surface area contributed by atoms with E-state index < -0.39 is 62.3 Å². The molecular formula is C111H164BCl9F2N9Na2O13S3. The minimum Gasteiger partial charge on any atom is -1.00 e. The van der Waals surface area contributed by atoms with Gasteiger partial charge < -0.3 is 24.1 Å². The number of alkyl halides is 6. The Morgan fingerprint density at radius 1 is 0.460 bits per heavy atom. The van der Waals surface area contributed by atoms with Crippen LogP contribution in [0.5, 0.6) is 0 Å². The summed E-state index contributed by atoms with van der Waals surface area (Å²) in [6.45, 7) is 55.8. The molecule has 39 heteroatoms. The van der Waals surface area contributed by atoms with Crippen molar-refractivity contribution in [2.24, 2.45) is 47.2 Å². The number of hydrogen-bond donors (Lipinski definition) is 4. The Bertz CT molecular complexity index is 5890. The number of pyridine rings is 7. The van der Waals surface area contributed by atoms with Crippen molar-refractivity contribution in [2.45, 2.75) is 315 Å². The van der Waals surface area contributed by atoms with Crippen molar-refractivity contribution in [1.29, 1.82) is 0 Å². The number of hydrogen-bond acceptors (Lipinski definition) is 20. The Morgan fingerprint density at radius 2 is 0.733 bits per heavy atom.